The topological polar surface area (TPSA) is 66.4 Å². The van der Waals surface area contributed by atoms with Crippen molar-refractivity contribution < 1.29 is 23.5 Å². The van der Waals surface area contributed by atoms with Gasteiger partial charge in [-0.1, -0.05) is 13.3 Å². The number of amides is 1. The van der Waals surface area contributed by atoms with Gasteiger partial charge in [0.15, 0.2) is 0 Å². The fourth-order valence-electron chi connectivity index (χ4n) is 3.61. The second-order valence-corrected chi connectivity index (χ2v) is 6.86. The Balaban J connectivity index is 1.97. The highest BCUT2D eigenvalue weighted by atomic mass is 19.3. The third-order valence-electron chi connectivity index (χ3n) is 5.40. The summed E-state index contributed by atoms with van der Waals surface area (Å²) in [6.45, 7) is 2.08. The van der Waals surface area contributed by atoms with Crippen molar-refractivity contribution >= 4 is 11.9 Å². The molecule has 0 unspecified atom stereocenters. The zero-order chi connectivity index (χ0) is 16.4. The van der Waals surface area contributed by atoms with Gasteiger partial charge in [-0.25, -0.2) is 13.6 Å². The Morgan fingerprint density at radius 2 is 1.64 bits per heavy atom. The van der Waals surface area contributed by atoms with Crippen LogP contribution in [0.4, 0.5) is 8.78 Å². The predicted molar refractivity (Wildman–Crippen MR) is 77.7 cm³/mol. The van der Waals surface area contributed by atoms with Crippen LogP contribution in [0, 0.1) is 11.8 Å². The van der Waals surface area contributed by atoms with Gasteiger partial charge in [-0.2, -0.15) is 0 Å². The number of hydrogen-bond donors (Lipinski definition) is 2. The van der Waals surface area contributed by atoms with Gasteiger partial charge in [-0.3, -0.25) is 4.79 Å². The van der Waals surface area contributed by atoms with E-state index in [0.29, 0.717) is 18.8 Å². The van der Waals surface area contributed by atoms with Crippen molar-refractivity contribution in [2.45, 2.75) is 76.2 Å². The largest absolute Gasteiger partial charge is 0.480 e. The van der Waals surface area contributed by atoms with E-state index >= 15 is 0 Å². The Kier molecular flexibility index (Phi) is 5.07. The Morgan fingerprint density at radius 1 is 1.09 bits per heavy atom. The molecule has 0 aromatic heterocycles. The van der Waals surface area contributed by atoms with Crippen LogP contribution < -0.4 is 5.32 Å². The van der Waals surface area contributed by atoms with E-state index in [2.05, 4.69) is 12.2 Å². The van der Waals surface area contributed by atoms with Crippen molar-refractivity contribution in [2.24, 2.45) is 11.8 Å². The molecule has 2 aliphatic rings. The maximum atomic E-state index is 13.2. The van der Waals surface area contributed by atoms with Gasteiger partial charge in [0.1, 0.15) is 5.54 Å². The summed E-state index contributed by atoms with van der Waals surface area (Å²) < 4.78 is 26.3. The van der Waals surface area contributed by atoms with E-state index in [0.717, 1.165) is 19.3 Å². The standard InChI is InChI=1S/C16H25F2NO3/c1-2-11-3-7-15(8-4-11,14(21)22)19-13(20)12-5-9-16(17,18)10-6-12/h11-12H,2-10H2,1H3,(H,19,20)(H,21,22). The van der Waals surface area contributed by atoms with Crippen LogP contribution in [0.5, 0.6) is 0 Å². The summed E-state index contributed by atoms with van der Waals surface area (Å²) in [5.41, 5.74) is -1.21. The number of rotatable bonds is 4. The molecule has 22 heavy (non-hydrogen) atoms. The van der Waals surface area contributed by atoms with Gasteiger partial charge in [0, 0.05) is 18.8 Å². The fraction of sp³-hybridized carbons (Fsp3) is 0.875. The summed E-state index contributed by atoms with van der Waals surface area (Å²) in [6, 6.07) is 0. The van der Waals surface area contributed by atoms with Gasteiger partial charge in [0.2, 0.25) is 11.8 Å². The second-order valence-electron chi connectivity index (χ2n) is 6.86. The van der Waals surface area contributed by atoms with Crippen molar-refractivity contribution in [1.29, 1.82) is 0 Å². The molecular formula is C16H25F2NO3. The molecule has 0 heterocycles. The minimum atomic E-state index is -2.68. The molecule has 2 saturated carbocycles. The van der Waals surface area contributed by atoms with E-state index < -0.39 is 23.3 Å². The average Bonchev–Trinajstić information content (AvgIpc) is 2.47. The summed E-state index contributed by atoms with van der Waals surface area (Å²) in [5.74, 6) is -4.03. The van der Waals surface area contributed by atoms with Gasteiger partial charge >= 0.3 is 5.97 Å². The van der Waals surface area contributed by atoms with E-state index in [1.807, 2.05) is 0 Å². The third kappa shape index (κ3) is 3.76. The van der Waals surface area contributed by atoms with Gasteiger partial charge in [-0.05, 0) is 44.4 Å². The SMILES string of the molecule is CCC1CCC(NC(=O)C2CCC(F)(F)CC2)(C(=O)O)CC1. The monoisotopic (exact) mass is 317 g/mol. The molecule has 0 aromatic carbocycles. The lowest BCUT2D eigenvalue weighted by atomic mass is 9.75. The number of nitrogens with one attached hydrogen (secondary N) is 1. The summed E-state index contributed by atoms with van der Waals surface area (Å²) in [6.07, 6.45) is 3.12. The van der Waals surface area contributed by atoms with Crippen LogP contribution in [0.15, 0.2) is 0 Å². The average molecular weight is 317 g/mol. The predicted octanol–water partition coefficient (Wildman–Crippen LogP) is 3.35. The maximum absolute atomic E-state index is 13.2. The van der Waals surface area contributed by atoms with Crippen LogP contribution in [-0.2, 0) is 9.59 Å². The molecule has 1 amide bonds. The van der Waals surface area contributed by atoms with Crippen molar-refractivity contribution in [3.05, 3.63) is 0 Å². The normalized spacial score (nSPS) is 32.4. The van der Waals surface area contributed by atoms with E-state index in [9.17, 15) is 23.5 Å². The van der Waals surface area contributed by atoms with Crippen molar-refractivity contribution in [2.75, 3.05) is 0 Å². The van der Waals surface area contributed by atoms with Crippen LogP contribution >= 0.6 is 0 Å². The molecule has 0 aromatic rings. The highest BCUT2D eigenvalue weighted by Crippen LogP contribution is 2.38. The quantitative estimate of drug-likeness (QED) is 0.835. The highest BCUT2D eigenvalue weighted by molar-refractivity contribution is 5.88. The maximum Gasteiger partial charge on any atom is 0.329 e. The van der Waals surface area contributed by atoms with Gasteiger partial charge < -0.3 is 10.4 Å². The third-order valence-corrected chi connectivity index (χ3v) is 5.40. The summed E-state index contributed by atoms with van der Waals surface area (Å²) in [5, 5.41) is 12.2. The number of carbonyl (C=O) groups excluding carboxylic acids is 1. The zero-order valence-electron chi connectivity index (χ0n) is 13.0. The molecule has 0 aliphatic heterocycles. The molecule has 4 nitrogen and oxygen atoms in total. The lowest BCUT2D eigenvalue weighted by Gasteiger charge is -2.38. The summed E-state index contributed by atoms with van der Waals surface area (Å²) in [7, 11) is 0. The molecule has 2 rings (SSSR count). The van der Waals surface area contributed by atoms with Crippen LogP contribution in [0.25, 0.3) is 0 Å². The first-order chi connectivity index (χ1) is 10.3. The molecule has 0 spiro atoms. The second kappa shape index (κ2) is 6.50. The molecule has 2 N–H and O–H groups in total. The minimum absolute atomic E-state index is 0.131. The molecule has 0 radical (unpaired) electrons. The van der Waals surface area contributed by atoms with E-state index in [4.69, 9.17) is 0 Å². The highest BCUT2D eigenvalue weighted by Gasteiger charge is 2.45. The first-order valence-corrected chi connectivity index (χ1v) is 8.21. The minimum Gasteiger partial charge on any atom is -0.480 e. The number of carboxylic acid groups (broad SMARTS) is 1. The van der Waals surface area contributed by atoms with Crippen LogP contribution in [-0.4, -0.2) is 28.4 Å². The van der Waals surface area contributed by atoms with Crippen LogP contribution in [0.1, 0.15) is 64.7 Å². The number of hydrogen-bond acceptors (Lipinski definition) is 2. The van der Waals surface area contributed by atoms with E-state index in [-0.39, 0.29) is 31.6 Å². The molecule has 0 saturated heterocycles. The number of aliphatic carboxylic acids is 1. The van der Waals surface area contributed by atoms with E-state index in [1.165, 1.54) is 0 Å². The molecule has 2 fully saturated rings. The van der Waals surface area contributed by atoms with Gasteiger partial charge in [-0.15, -0.1) is 0 Å². The Hall–Kier alpha value is -1.20. The molecular weight excluding hydrogens is 292 g/mol. The van der Waals surface area contributed by atoms with Crippen molar-refractivity contribution in [1.82, 2.24) is 5.32 Å². The van der Waals surface area contributed by atoms with Crippen molar-refractivity contribution in [3.63, 3.8) is 0 Å². The lowest BCUT2D eigenvalue weighted by Crippen LogP contribution is -2.58. The van der Waals surface area contributed by atoms with Gasteiger partial charge in [0.05, 0.1) is 0 Å². The Morgan fingerprint density at radius 3 is 2.09 bits per heavy atom. The first kappa shape index (κ1) is 17.2. The molecule has 0 atom stereocenters. The lowest BCUT2D eigenvalue weighted by molar-refractivity contribution is -0.151. The van der Waals surface area contributed by atoms with Crippen molar-refractivity contribution in [3.8, 4) is 0 Å². The zero-order valence-corrected chi connectivity index (χ0v) is 13.0. The Bertz CT molecular complexity index is 421. The number of carbonyl (C=O) groups is 2. The smallest absolute Gasteiger partial charge is 0.329 e. The van der Waals surface area contributed by atoms with E-state index in [1.54, 1.807) is 0 Å². The summed E-state index contributed by atoms with van der Waals surface area (Å²) >= 11 is 0. The molecule has 0 bridgehead atoms. The number of carboxylic acids is 1. The Labute approximate surface area is 129 Å². The van der Waals surface area contributed by atoms with Crippen LogP contribution in [0.2, 0.25) is 0 Å². The first-order valence-electron chi connectivity index (χ1n) is 8.21. The molecule has 2 aliphatic carbocycles. The summed E-state index contributed by atoms with van der Waals surface area (Å²) in [4.78, 5) is 24.0. The molecule has 126 valence electrons. The number of alkyl halides is 2. The van der Waals surface area contributed by atoms with Crippen LogP contribution in [0.3, 0.4) is 0 Å². The van der Waals surface area contributed by atoms with Gasteiger partial charge in [0.25, 0.3) is 0 Å². The number of halogens is 2. The molecule has 6 heteroatoms. The fourth-order valence-corrected chi connectivity index (χ4v) is 3.61.